The van der Waals surface area contributed by atoms with Gasteiger partial charge < -0.3 is 10.1 Å². The van der Waals surface area contributed by atoms with E-state index in [0.29, 0.717) is 5.56 Å². The number of nitrogens with zero attached hydrogens (tertiary/aromatic N) is 1. The summed E-state index contributed by atoms with van der Waals surface area (Å²) in [6, 6.07) is 1.72. The number of aromatic nitrogens is 1. The molecule has 15 heavy (non-hydrogen) atoms. The molecule has 5 nitrogen and oxygen atoms in total. The number of carbonyl (C=O) groups is 2. The zero-order valence-corrected chi connectivity index (χ0v) is 8.61. The van der Waals surface area contributed by atoms with Crippen molar-refractivity contribution < 1.29 is 14.3 Å². The van der Waals surface area contributed by atoms with E-state index in [-0.39, 0.29) is 12.3 Å². The summed E-state index contributed by atoms with van der Waals surface area (Å²) in [5, 5.41) is 2.31. The first kappa shape index (κ1) is 11.2. The van der Waals surface area contributed by atoms with E-state index in [9.17, 15) is 9.59 Å². The Labute approximate surface area is 87.5 Å². The maximum atomic E-state index is 11.5. The fourth-order valence-corrected chi connectivity index (χ4v) is 1.03. The second-order valence-electron chi connectivity index (χ2n) is 3.02. The molecule has 1 heterocycles. The third-order valence-corrected chi connectivity index (χ3v) is 1.78. The summed E-state index contributed by atoms with van der Waals surface area (Å²) in [6.45, 7) is 1.76. The lowest BCUT2D eigenvalue weighted by molar-refractivity contribution is 0.0983. The van der Waals surface area contributed by atoms with E-state index in [1.54, 1.807) is 12.3 Å². The Hall–Kier alpha value is -1.91. The van der Waals surface area contributed by atoms with Crippen LogP contribution in [0.3, 0.4) is 0 Å². The molecular formula is C10H12N2O3. The first-order chi connectivity index (χ1) is 7.13. The van der Waals surface area contributed by atoms with Gasteiger partial charge >= 0.3 is 6.09 Å². The van der Waals surface area contributed by atoms with Crippen molar-refractivity contribution >= 4 is 11.9 Å². The van der Waals surface area contributed by atoms with Crippen LogP contribution in [0.15, 0.2) is 18.5 Å². The molecule has 0 unspecified atom stereocenters. The Morgan fingerprint density at radius 1 is 1.47 bits per heavy atom. The van der Waals surface area contributed by atoms with E-state index in [1.807, 2.05) is 6.92 Å². The lowest BCUT2D eigenvalue weighted by Gasteiger charge is -2.03. The minimum Gasteiger partial charge on any atom is -0.453 e. The number of methoxy groups -OCH3 is 1. The molecule has 80 valence electrons. The predicted octanol–water partition coefficient (Wildman–Crippen LogP) is 0.929. The van der Waals surface area contributed by atoms with Crippen LogP contribution in [-0.4, -0.2) is 30.5 Å². The SMILES string of the molecule is COC(=O)NCC(=O)c1cncc(C)c1. The number of aryl methyl sites for hydroxylation is 1. The maximum absolute atomic E-state index is 11.5. The summed E-state index contributed by atoms with van der Waals surface area (Å²) >= 11 is 0. The number of hydrogen-bond acceptors (Lipinski definition) is 4. The summed E-state index contributed by atoms with van der Waals surface area (Å²) in [5.41, 5.74) is 1.38. The summed E-state index contributed by atoms with van der Waals surface area (Å²) < 4.78 is 4.34. The van der Waals surface area contributed by atoms with Crippen LogP contribution >= 0.6 is 0 Å². The average Bonchev–Trinajstić information content (AvgIpc) is 2.25. The van der Waals surface area contributed by atoms with Gasteiger partial charge in [0.2, 0.25) is 0 Å². The molecule has 0 bridgehead atoms. The van der Waals surface area contributed by atoms with Gasteiger partial charge in [-0.1, -0.05) is 0 Å². The zero-order valence-electron chi connectivity index (χ0n) is 8.61. The zero-order chi connectivity index (χ0) is 11.3. The molecule has 0 atom stereocenters. The number of nitrogens with one attached hydrogen (secondary N) is 1. The van der Waals surface area contributed by atoms with Crippen molar-refractivity contribution in [3.63, 3.8) is 0 Å². The van der Waals surface area contributed by atoms with Gasteiger partial charge in [-0.15, -0.1) is 0 Å². The van der Waals surface area contributed by atoms with Gasteiger partial charge in [0.15, 0.2) is 5.78 Å². The Kier molecular flexibility index (Phi) is 3.79. The van der Waals surface area contributed by atoms with Crippen molar-refractivity contribution in [1.82, 2.24) is 10.3 Å². The molecule has 1 amide bonds. The minimum atomic E-state index is -0.621. The molecule has 0 saturated heterocycles. The second-order valence-corrected chi connectivity index (χ2v) is 3.02. The molecule has 1 aromatic rings. The minimum absolute atomic E-state index is 0.0855. The lowest BCUT2D eigenvalue weighted by atomic mass is 10.1. The van der Waals surface area contributed by atoms with Gasteiger partial charge in [-0.3, -0.25) is 9.78 Å². The van der Waals surface area contributed by atoms with Crippen LogP contribution in [-0.2, 0) is 4.74 Å². The Bertz CT molecular complexity index is 377. The predicted molar refractivity (Wildman–Crippen MR) is 53.7 cm³/mol. The second kappa shape index (κ2) is 5.09. The van der Waals surface area contributed by atoms with Crippen molar-refractivity contribution in [2.75, 3.05) is 13.7 Å². The highest BCUT2D eigenvalue weighted by molar-refractivity contribution is 5.98. The summed E-state index contributed by atoms with van der Waals surface area (Å²) in [5.74, 6) is -0.198. The molecule has 5 heteroatoms. The number of pyridine rings is 1. The number of Topliss-reactive ketones (excluding diaryl/α,β-unsaturated/α-hetero) is 1. The monoisotopic (exact) mass is 208 g/mol. The summed E-state index contributed by atoms with van der Waals surface area (Å²) in [7, 11) is 1.24. The highest BCUT2D eigenvalue weighted by Gasteiger charge is 2.08. The molecule has 0 fully saturated rings. The van der Waals surface area contributed by atoms with Gasteiger partial charge in [-0.05, 0) is 18.6 Å². The van der Waals surface area contributed by atoms with Gasteiger partial charge in [-0.25, -0.2) is 4.79 Å². The first-order valence-electron chi connectivity index (χ1n) is 4.40. The topological polar surface area (TPSA) is 68.3 Å². The number of ether oxygens (including phenoxy) is 1. The number of carbonyl (C=O) groups excluding carboxylic acids is 2. The standard InChI is InChI=1S/C10H12N2O3/c1-7-3-8(5-11-4-7)9(13)6-12-10(14)15-2/h3-5H,6H2,1-2H3,(H,12,14). The van der Waals surface area contributed by atoms with Crippen LogP contribution in [0.1, 0.15) is 15.9 Å². The van der Waals surface area contributed by atoms with Crippen LogP contribution in [0.4, 0.5) is 4.79 Å². The summed E-state index contributed by atoms with van der Waals surface area (Å²) in [6.07, 6.45) is 2.50. The van der Waals surface area contributed by atoms with E-state index < -0.39 is 6.09 Å². The third-order valence-electron chi connectivity index (χ3n) is 1.78. The first-order valence-corrected chi connectivity index (χ1v) is 4.40. The molecule has 0 aliphatic heterocycles. The van der Waals surface area contributed by atoms with Crippen LogP contribution in [0.2, 0.25) is 0 Å². The van der Waals surface area contributed by atoms with Crippen molar-refractivity contribution in [3.05, 3.63) is 29.6 Å². The van der Waals surface area contributed by atoms with Gasteiger partial charge in [0, 0.05) is 18.0 Å². The fraction of sp³-hybridized carbons (Fsp3) is 0.300. The largest absolute Gasteiger partial charge is 0.453 e. The van der Waals surface area contributed by atoms with Gasteiger partial charge in [-0.2, -0.15) is 0 Å². The molecule has 0 saturated carbocycles. The van der Waals surface area contributed by atoms with Crippen molar-refractivity contribution in [1.29, 1.82) is 0 Å². The maximum Gasteiger partial charge on any atom is 0.407 e. The fourth-order valence-electron chi connectivity index (χ4n) is 1.03. The van der Waals surface area contributed by atoms with E-state index in [4.69, 9.17) is 0 Å². The number of ketones is 1. The summed E-state index contributed by atoms with van der Waals surface area (Å²) in [4.78, 5) is 26.1. The quantitative estimate of drug-likeness (QED) is 0.750. The molecule has 1 rings (SSSR count). The van der Waals surface area contributed by atoms with Gasteiger partial charge in [0.25, 0.3) is 0 Å². The smallest absolute Gasteiger partial charge is 0.407 e. The Balaban J connectivity index is 2.58. The van der Waals surface area contributed by atoms with E-state index in [0.717, 1.165) is 5.56 Å². The molecule has 0 aliphatic carbocycles. The molecule has 1 N–H and O–H groups in total. The molecule has 0 aliphatic rings. The number of hydrogen-bond donors (Lipinski definition) is 1. The van der Waals surface area contributed by atoms with E-state index in [2.05, 4.69) is 15.0 Å². The highest BCUT2D eigenvalue weighted by atomic mass is 16.5. The van der Waals surface area contributed by atoms with Crippen LogP contribution in [0.5, 0.6) is 0 Å². The number of amides is 1. The molecular weight excluding hydrogens is 196 g/mol. The average molecular weight is 208 g/mol. The van der Waals surface area contributed by atoms with E-state index in [1.165, 1.54) is 13.3 Å². The molecule has 0 aromatic carbocycles. The van der Waals surface area contributed by atoms with Gasteiger partial charge in [0.1, 0.15) is 0 Å². The number of alkyl carbamates (subject to hydrolysis) is 1. The van der Waals surface area contributed by atoms with Crippen LogP contribution in [0.25, 0.3) is 0 Å². The number of rotatable bonds is 3. The molecule has 0 radical (unpaired) electrons. The van der Waals surface area contributed by atoms with Crippen LogP contribution in [0, 0.1) is 6.92 Å². The molecule has 1 aromatic heterocycles. The highest BCUT2D eigenvalue weighted by Crippen LogP contribution is 2.01. The van der Waals surface area contributed by atoms with E-state index >= 15 is 0 Å². The third kappa shape index (κ3) is 3.38. The Morgan fingerprint density at radius 3 is 2.80 bits per heavy atom. The van der Waals surface area contributed by atoms with Crippen molar-refractivity contribution in [3.8, 4) is 0 Å². The van der Waals surface area contributed by atoms with Crippen LogP contribution < -0.4 is 5.32 Å². The normalized spacial score (nSPS) is 9.47. The molecule has 0 spiro atoms. The Morgan fingerprint density at radius 2 is 2.20 bits per heavy atom. The lowest BCUT2D eigenvalue weighted by Crippen LogP contribution is -2.29. The van der Waals surface area contributed by atoms with Gasteiger partial charge in [0.05, 0.1) is 13.7 Å². The van der Waals surface area contributed by atoms with Crippen molar-refractivity contribution in [2.45, 2.75) is 6.92 Å². The van der Waals surface area contributed by atoms with Crippen molar-refractivity contribution in [2.24, 2.45) is 0 Å².